The van der Waals surface area contributed by atoms with Crippen LogP contribution in [-0.4, -0.2) is 4.98 Å². The zero-order valence-corrected chi connectivity index (χ0v) is 10.9. The summed E-state index contributed by atoms with van der Waals surface area (Å²) in [5.74, 6) is 0. The number of aromatic nitrogens is 1. The fourth-order valence-electron chi connectivity index (χ4n) is 1.24. The topological polar surface area (TPSA) is 12.9 Å². The van der Waals surface area contributed by atoms with Crippen molar-refractivity contribution in [3.05, 3.63) is 27.7 Å². The number of halogens is 1. The van der Waals surface area contributed by atoms with Crippen molar-refractivity contribution in [2.75, 3.05) is 0 Å². The highest BCUT2D eigenvalue weighted by atomic mass is 79.9. The normalized spacial score (nSPS) is 12.3. The molecule has 2 aromatic rings. The van der Waals surface area contributed by atoms with E-state index in [1.165, 1.54) is 9.71 Å². The second-order valence-corrected chi connectivity index (χ2v) is 6.21. The van der Waals surface area contributed by atoms with Crippen molar-refractivity contribution in [3.8, 4) is 0 Å². The zero-order chi connectivity index (χ0) is 10.3. The van der Waals surface area contributed by atoms with E-state index in [1.807, 2.05) is 6.07 Å². The molecule has 0 saturated heterocycles. The van der Waals surface area contributed by atoms with Gasteiger partial charge >= 0.3 is 0 Å². The molecular formula is C11H12BrNS. The van der Waals surface area contributed by atoms with Gasteiger partial charge in [0.15, 0.2) is 0 Å². The summed E-state index contributed by atoms with van der Waals surface area (Å²) in [7, 11) is 0. The molecule has 14 heavy (non-hydrogen) atoms. The Morgan fingerprint density at radius 1 is 1.29 bits per heavy atom. The molecule has 1 heterocycles. The maximum atomic E-state index is 4.63. The highest BCUT2D eigenvalue weighted by Crippen LogP contribution is 2.34. The Labute approximate surface area is 96.3 Å². The average Bonchev–Trinajstić information content (AvgIpc) is 2.48. The van der Waals surface area contributed by atoms with Crippen LogP contribution in [0.3, 0.4) is 0 Å². The van der Waals surface area contributed by atoms with Gasteiger partial charge in [-0.1, -0.05) is 26.8 Å². The van der Waals surface area contributed by atoms with Gasteiger partial charge in [-0.3, -0.25) is 0 Å². The van der Waals surface area contributed by atoms with Crippen LogP contribution in [0.1, 0.15) is 25.8 Å². The molecule has 0 unspecified atom stereocenters. The van der Waals surface area contributed by atoms with Crippen LogP contribution in [0.5, 0.6) is 0 Å². The summed E-state index contributed by atoms with van der Waals surface area (Å²) in [5, 5.41) is 1.19. The molecule has 0 N–H and O–H groups in total. The second-order valence-electron chi connectivity index (χ2n) is 4.36. The Hall–Kier alpha value is -0.410. The van der Waals surface area contributed by atoms with Crippen LogP contribution in [-0.2, 0) is 5.41 Å². The molecule has 0 bridgehead atoms. The van der Waals surface area contributed by atoms with Gasteiger partial charge in [0, 0.05) is 9.89 Å². The van der Waals surface area contributed by atoms with Crippen LogP contribution >= 0.6 is 27.3 Å². The third-order valence-corrected chi connectivity index (χ3v) is 4.46. The monoisotopic (exact) mass is 269 g/mol. The molecule has 3 heteroatoms. The van der Waals surface area contributed by atoms with Crippen LogP contribution in [0.4, 0.5) is 0 Å². The molecule has 0 fully saturated rings. The van der Waals surface area contributed by atoms with E-state index in [2.05, 4.69) is 53.8 Å². The second kappa shape index (κ2) is 3.31. The summed E-state index contributed by atoms with van der Waals surface area (Å²) in [6.07, 6.45) is 0. The summed E-state index contributed by atoms with van der Waals surface area (Å²) < 4.78 is 2.39. The van der Waals surface area contributed by atoms with Crippen LogP contribution < -0.4 is 0 Å². The van der Waals surface area contributed by atoms with Gasteiger partial charge in [0.2, 0.25) is 0 Å². The van der Waals surface area contributed by atoms with Crippen molar-refractivity contribution < 1.29 is 0 Å². The average molecular weight is 270 g/mol. The van der Waals surface area contributed by atoms with Gasteiger partial charge in [0.1, 0.15) is 0 Å². The molecule has 0 amide bonds. The highest BCUT2D eigenvalue weighted by Gasteiger charge is 2.19. The number of benzene rings is 1. The minimum Gasteiger partial charge on any atom is -0.241 e. The Balaban J connectivity index is 2.69. The molecule has 2 rings (SSSR count). The minimum absolute atomic E-state index is 0.142. The summed E-state index contributed by atoms with van der Waals surface area (Å²) in [6.45, 7) is 6.58. The molecule has 74 valence electrons. The maximum absolute atomic E-state index is 4.63. The lowest BCUT2D eigenvalue weighted by molar-refractivity contribution is 0.587. The Morgan fingerprint density at radius 3 is 2.57 bits per heavy atom. The fraction of sp³-hybridized carbons (Fsp3) is 0.364. The van der Waals surface area contributed by atoms with E-state index in [9.17, 15) is 0 Å². The first-order valence-corrected chi connectivity index (χ1v) is 6.15. The molecule has 0 aliphatic heterocycles. The largest absolute Gasteiger partial charge is 0.241 e. The van der Waals surface area contributed by atoms with Crippen LogP contribution in [0, 0.1) is 0 Å². The molecule has 1 aromatic heterocycles. The lowest BCUT2D eigenvalue weighted by Gasteiger charge is -2.13. The van der Waals surface area contributed by atoms with E-state index in [0.29, 0.717) is 0 Å². The quantitative estimate of drug-likeness (QED) is 0.693. The Kier molecular flexibility index (Phi) is 2.40. The van der Waals surface area contributed by atoms with Gasteiger partial charge in [-0.15, -0.1) is 11.3 Å². The molecule has 0 saturated carbocycles. The molecule has 1 aromatic carbocycles. The lowest BCUT2D eigenvalue weighted by atomic mass is 9.98. The third kappa shape index (κ3) is 1.71. The van der Waals surface area contributed by atoms with Gasteiger partial charge in [-0.2, -0.15) is 0 Å². The van der Waals surface area contributed by atoms with E-state index < -0.39 is 0 Å². The van der Waals surface area contributed by atoms with Crippen molar-refractivity contribution >= 4 is 37.5 Å². The van der Waals surface area contributed by atoms with E-state index in [0.717, 1.165) is 9.99 Å². The lowest BCUT2D eigenvalue weighted by Crippen LogP contribution is -2.09. The van der Waals surface area contributed by atoms with Crippen LogP contribution in [0.25, 0.3) is 10.2 Å². The number of hydrogen-bond acceptors (Lipinski definition) is 2. The first-order valence-electron chi connectivity index (χ1n) is 4.54. The third-order valence-electron chi connectivity index (χ3n) is 2.01. The van der Waals surface area contributed by atoms with E-state index in [4.69, 9.17) is 0 Å². The van der Waals surface area contributed by atoms with E-state index >= 15 is 0 Å². The van der Waals surface area contributed by atoms with Crippen molar-refractivity contribution in [2.45, 2.75) is 26.2 Å². The van der Waals surface area contributed by atoms with Crippen LogP contribution in [0.15, 0.2) is 22.7 Å². The molecule has 0 aliphatic carbocycles. The molecular weight excluding hydrogens is 258 g/mol. The van der Waals surface area contributed by atoms with Gasteiger partial charge in [-0.25, -0.2) is 4.98 Å². The van der Waals surface area contributed by atoms with Crippen LogP contribution in [0.2, 0.25) is 0 Å². The molecule has 1 nitrogen and oxygen atoms in total. The number of fused-ring (bicyclic) bond motifs is 1. The number of nitrogens with zero attached hydrogens (tertiary/aromatic N) is 1. The zero-order valence-electron chi connectivity index (χ0n) is 8.47. The predicted octanol–water partition coefficient (Wildman–Crippen LogP) is 4.36. The summed E-state index contributed by atoms with van der Waals surface area (Å²) in [6, 6.07) is 6.15. The van der Waals surface area contributed by atoms with Crippen molar-refractivity contribution in [2.24, 2.45) is 0 Å². The van der Waals surface area contributed by atoms with Gasteiger partial charge < -0.3 is 0 Å². The van der Waals surface area contributed by atoms with Crippen molar-refractivity contribution in [3.63, 3.8) is 0 Å². The standard InChI is InChI=1S/C11H12BrNS/c1-11(2,3)10-13-8-6-4-5-7(12)9(8)14-10/h4-6H,1-3H3. The molecule has 0 radical (unpaired) electrons. The Morgan fingerprint density at radius 2 is 2.00 bits per heavy atom. The van der Waals surface area contributed by atoms with Crippen molar-refractivity contribution in [1.29, 1.82) is 0 Å². The number of hydrogen-bond donors (Lipinski definition) is 0. The SMILES string of the molecule is CC(C)(C)c1nc2cccc(Br)c2s1. The Bertz CT molecular complexity index is 468. The van der Waals surface area contributed by atoms with E-state index in [1.54, 1.807) is 11.3 Å². The molecule has 0 aliphatic rings. The number of rotatable bonds is 0. The fourth-order valence-corrected chi connectivity index (χ4v) is 2.86. The summed E-state index contributed by atoms with van der Waals surface area (Å²) in [5.41, 5.74) is 1.23. The van der Waals surface area contributed by atoms with Gasteiger partial charge in [0.05, 0.1) is 15.2 Å². The molecule has 0 atom stereocenters. The first kappa shape index (κ1) is 10.1. The minimum atomic E-state index is 0.142. The van der Waals surface area contributed by atoms with Crippen molar-refractivity contribution in [1.82, 2.24) is 4.98 Å². The summed E-state index contributed by atoms with van der Waals surface area (Å²) >= 11 is 5.32. The maximum Gasteiger partial charge on any atom is 0.0992 e. The first-order chi connectivity index (χ1) is 6.48. The number of thiazole rings is 1. The van der Waals surface area contributed by atoms with Gasteiger partial charge in [0.25, 0.3) is 0 Å². The summed E-state index contributed by atoms with van der Waals surface area (Å²) in [4.78, 5) is 4.63. The highest BCUT2D eigenvalue weighted by molar-refractivity contribution is 9.10. The van der Waals surface area contributed by atoms with E-state index in [-0.39, 0.29) is 5.41 Å². The predicted molar refractivity (Wildman–Crippen MR) is 66.0 cm³/mol. The van der Waals surface area contributed by atoms with Gasteiger partial charge in [-0.05, 0) is 28.1 Å². The smallest absolute Gasteiger partial charge is 0.0992 e. The molecule has 0 spiro atoms.